The van der Waals surface area contributed by atoms with Crippen LogP contribution in [-0.2, 0) is 0 Å². The number of pyridine rings is 1. The number of carbonyl (C=O) groups is 1. The molecule has 1 aliphatic rings. The topological polar surface area (TPSA) is 53.4 Å². The fourth-order valence-corrected chi connectivity index (χ4v) is 2.09. The van der Waals surface area contributed by atoms with Crippen molar-refractivity contribution >= 4 is 29.1 Å². The predicted molar refractivity (Wildman–Crippen MR) is 60.8 cm³/mol. The summed E-state index contributed by atoms with van der Waals surface area (Å²) in [5.74, 6) is -0.217. The van der Waals surface area contributed by atoms with Crippen LogP contribution < -0.4 is 0 Å². The number of aliphatic hydroxyl groups is 1. The minimum Gasteiger partial charge on any atom is -0.391 e. The number of likely N-dealkylation sites (tertiary alicyclic amines) is 1. The first kappa shape index (κ1) is 11.6. The summed E-state index contributed by atoms with van der Waals surface area (Å²) in [6, 6.07) is 3.07. The molecule has 1 unspecified atom stereocenters. The van der Waals surface area contributed by atoms with E-state index in [1.165, 1.54) is 6.07 Å². The van der Waals surface area contributed by atoms with Crippen LogP contribution in [0.5, 0.6) is 0 Å². The van der Waals surface area contributed by atoms with Gasteiger partial charge >= 0.3 is 0 Å². The third-order valence-electron chi connectivity index (χ3n) is 2.50. The second kappa shape index (κ2) is 4.57. The summed E-state index contributed by atoms with van der Waals surface area (Å²) in [6.45, 7) is 0.886. The normalized spacial score (nSPS) is 20.2. The quantitative estimate of drug-likeness (QED) is 0.781. The van der Waals surface area contributed by atoms with E-state index < -0.39 is 6.10 Å². The Bertz CT molecular complexity index is 425. The fraction of sp³-hybridized carbons (Fsp3) is 0.400. The van der Waals surface area contributed by atoms with Crippen molar-refractivity contribution < 1.29 is 9.90 Å². The molecule has 6 heteroatoms. The Hall–Kier alpha value is -0.840. The molecule has 1 amide bonds. The van der Waals surface area contributed by atoms with Crippen LogP contribution in [0.25, 0.3) is 0 Å². The van der Waals surface area contributed by atoms with Gasteiger partial charge in [0.05, 0.1) is 11.7 Å². The standard InChI is InChI=1S/C10H10Cl2N2O2/c11-8-2-1-7(9(12)13-8)10(16)14-4-3-6(15)5-14/h1-2,6,15H,3-5H2. The Morgan fingerprint density at radius 2 is 2.25 bits per heavy atom. The molecule has 2 rings (SSSR count). The van der Waals surface area contributed by atoms with Crippen LogP contribution in [0.15, 0.2) is 12.1 Å². The second-order valence-electron chi connectivity index (χ2n) is 3.67. The van der Waals surface area contributed by atoms with Crippen molar-refractivity contribution in [2.75, 3.05) is 13.1 Å². The molecule has 1 N–H and O–H groups in total. The van der Waals surface area contributed by atoms with Gasteiger partial charge in [0.2, 0.25) is 0 Å². The lowest BCUT2D eigenvalue weighted by Crippen LogP contribution is -2.29. The highest BCUT2D eigenvalue weighted by atomic mass is 35.5. The van der Waals surface area contributed by atoms with Crippen molar-refractivity contribution in [1.82, 2.24) is 9.88 Å². The van der Waals surface area contributed by atoms with Gasteiger partial charge in [-0.3, -0.25) is 4.79 Å². The zero-order valence-electron chi connectivity index (χ0n) is 8.36. The van der Waals surface area contributed by atoms with E-state index in [9.17, 15) is 9.90 Å². The molecule has 1 aromatic heterocycles. The number of hydrogen-bond donors (Lipinski definition) is 1. The van der Waals surface area contributed by atoms with Gasteiger partial charge in [0.25, 0.3) is 5.91 Å². The third kappa shape index (κ3) is 2.29. The van der Waals surface area contributed by atoms with E-state index in [2.05, 4.69) is 4.98 Å². The van der Waals surface area contributed by atoms with Crippen LogP contribution in [0.2, 0.25) is 10.3 Å². The van der Waals surface area contributed by atoms with Gasteiger partial charge in [-0.2, -0.15) is 0 Å². The summed E-state index contributed by atoms with van der Waals surface area (Å²) < 4.78 is 0. The Morgan fingerprint density at radius 1 is 1.50 bits per heavy atom. The molecule has 86 valence electrons. The van der Waals surface area contributed by atoms with Crippen LogP contribution in [0.3, 0.4) is 0 Å². The van der Waals surface area contributed by atoms with Crippen molar-refractivity contribution in [2.24, 2.45) is 0 Å². The Balaban J connectivity index is 2.21. The van der Waals surface area contributed by atoms with Crippen LogP contribution in [0, 0.1) is 0 Å². The molecule has 0 bridgehead atoms. The molecule has 0 aliphatic carbocycles. The van der Waals surface area contributed by atoms with Crippen molar-refractivity contribution in [2.45, 2.75) is 12.5 Å². The lowest BCUT2D eigenvalue weighted by atomic mass is 10.2. The molecule has 1 aromatic rings. The summed E-state index contributed by atoms with van der Waals surface area (Å²) in [5, 5.41) is 9.69. The van der Waals surface area contributed by atoms with Crippen molar-refractivity contribution in [1.29, 1.82) is 0 Å². The van der Waals surface area contributed by atoms with Gasteiger partial charge in [0.15, 0.2) is 0 Å². The Morgan fingerprint density at radius 3 is 2.81 bits per heavy atom. The van der Waals surface area contributed by atoms with Gasteiger partial charge < -0.3 is 10.0 Å². The number of aromatic nitrogens is 1. The molecule has 0 saturated carbocycles. The summed E-state index contributed by atoms with van der Waals surface area (Å²) in [4.78, 5) is 17.3. The van der Waals surface area contributed by atoms with Gasteiger partial charge in [-0.05, 0) is 18.6 Å². The highest BCUT2D eigenvalue weighted by molar-refractivity contribution is 6.34. The molecular weight excluding hydrogens is 251 g/mol. The molecule has 0 radical (unpaired) electrons. The van der Waals surface area contributed by atoms with Gasteiger partial charge in [0, 0.05) is 13.1 Å². The van der Waals surface area contributed by atoms with Crippen molar-refractivity contribution in [3.05, 3.63) is 28.0 Å². The third-order valence-corrected chi connectivity index (χ3v) is 2.99. The number of amides is 1. The molecule has 0 spiro atoms. The number of rotatable bonds is 1. The number of hydrogen-bond acceptors (Lipinski definition) is 3. The molecule has 1 atom stereocenters. The fourth-order valence-electron chi connectivity index (χ4n) is 1.67. The Kier molecular flexibility index (Phi) is 3.33. The van der Waals surface area contributed by atoms with E-state index in [1.807, 2.05) is 0 Å². The molecule has 0 aromatic carbocycles. The van der Waals surface area contributed by atoms with E-state index in [1.54, 1.807) is 11.0 Å². The highest BCUT2D eigenvalue weighted by Gasteiger charge is 2.26. The number of carbonyl (C=O) groups excluding carboxylic acids is 1. The average Bonchev–Trinajstić information content (AvgIpc) is 2.64. The molecular formula is C10H10Cl2N2O2. The second-order valence-corrected chi connectivity index (χ2v) is 4.41. The van der Waals surface area contributed by atoms with E-state index in [0.29, 0.717) is 25.1 Å². The number of β-amino-alcohol motifs (C(OH)–C–C–N with tert-alkyl or cyclic N) is 1. The monoisotopic (exact) mass is 260 g/mol. The van der Waals surface area contributed by atoms with Gasteiger partial charge in [-0.15, -0.1) is 0 Å². The van der Waals surface area contributed by atoms with Crippen LogP contribution >= 0.6 is 23.2 Å². The first-order chi connectivity index (χ1) is 7.58. The van der Waals surface area contributed by atoms with Gasteiger partial charge in [0.1, 0.15) is 10.3 Å². The molecule has 16 heavy (non-hydrogen) atoms. The van der Waals surface area contributed by atoms with E-state index in [4.69, 9.17) is 23.2 Å². The minimum absolute atomic E-state index is 0.0962. The van der Waals surface area contributed by atoms with Gasteiger partial charge in [-0.1, -0.05) is 23.2 Å². The molecule has 1 aliphatic heterocycles. The Labute approximate surface area is 103 Å². The zero-order chi connectivity index (χ0) is 11.7. The maximum absolute atomic E-state index is 12.0. The SMILES string of the molecule is O=C(c1ccc(Cl)nc1Cl)N1CCC(O)C1. The summed E-state index contributed by atoms with van der Waals surface area (Å²) >= 11 is 11.5. The lowest BCUT2D eigenvalue weighted by molar-refractivity contribution is 0.0765. The zero-order valence-corrected chi connectivity index (χ0v) is 9.87. The minimum atomic E-state index is -0.442. The van der Waals surface area contributed by atoms with Crippen LogP contribution in [0.4, 0.5) is 0 Å². The van der Waals surface area contributed by atoms with Crippen LogP contribution in [-0.4, -0.2) is 40.1 Å². The highest BCUT2D eigenvalue weighted by Crippen LogP contribution is 2.20. The lowest BCUT2D eigenvalue weighted by Gasteiger charge is -2.15. The predicted octanol–water partition coefficient (Wildman–Crippen LogP) is 1.60. The first-order valence-electron chi connectivity index (χ1n) is 4.87. The van der Waals surface area contributed by atoms with E-state index >= 15 is 0 Å². The van der Waals surface area contributed by atoms with Crippen LogP contribution in [0.1, 0.15) is 16.8 Å². The van der Waals surface area contributed by atoms with E-state index in [0.717, 1.165) is 0 Å². The van der Waals surface area contributed by atoms with Crippen molar-refractivity contribution in [3.63, 3.8) is 0 Å². The molecule has 1 saturated heterocycles. The maximum atomic E-state index is 12.0. The number of nitrogens with zero attached hydrogens (tertiary/aromatic N) is 2. The number of halogens is 2. The van der Waals surface area contributed by atoms with E-state index in [-0.39, 0.29) is 16.2 Å². The summed E-state index contributed by atoms with van der Waals surface area (Å²) in [5.41, 5.74) is 0.320. The van der Waals surface area contributed by atoms with Crippen molar-refractivity contribution in [3.8, 4) is 0 Å². The summed E-state index contributed by atoms with van der Waals surface area (Å²) in [6.07, 6.45) is 0.160. The number of aliphatic hydroxyl groups excluding tert-OH is 1. The maximum Gasteiger partial charge on any atom is 0.257 e. The first-order valence-corrected chi connectivity index (χ1v) is 5.63. The smallest absolute Gasteiger partial charge is 0.257 e. The molecule has 1 fully saturated rings. The summed E-state index contributed by atoms with van der Waals surface area (Å²) in [7, 11) is 0. The van der Waals surface area contributed by atoms with Gasteiger partial charge in [-0.25, -0.2) is 4.98 Å². The largest absolute Gasteiger partial charge is 0.391 e. The molecule has 2 heterocycles. The molecule has 4 nitrogen and oxygen atoms in total. The average molecular weight is 261 g/mol.